The average Bonchev–Trinajstić information content (AvgIpc) is 2.79. The Balaban J connectivity index is 1.94. The van der Waals surface area contributed by atoms with Gasteiger partial charge in [0.25, 0.3) is 0 Å². The second kappa shape index (κ2) is 5.27. The van der Waals surface area contributed by atoms with Gasteiger partial charge >= 0.3 is 0 Å². The summed E-state index contributed by atoms with van der Waals surface area (Å²) in [5.41, 5.74) is -0.630. The van der Waals surface area contributed by atoms with Crippen molar-refractivity contribution < 1.29 is 9.53 Å². The van der Waals surface area contributed by atoms with E-state index in [1.807, 2.05) is 6.92 Å². The van der Waals surface area contributed by atoms with Gasteiger partial charge in [0, 0.05) is 0 Å². The SMILES string of the molecule is CC1CCC(C#N)(NC(=O)C2COC(C)C2)CC1. The van der Waals surface area contributed by atoms with Crippen LogP contribution in [-0.4, -0.2) is 24.2 Å². The number of hydrogen-bond donors (Lipinski definition) is 1. The van der Waals surface area contributed by atoms with Crippen molar-refractivity contribution in [2.45, 2.75) is 57.6 Å². The van der Waals surface area contributed by atoms with Gasteiger partial charge in [0.1, 0.15) is 5.54 Å². The topological polar surface area (TPSA) is 62.1 Å². The minimum Gasteiger partial charge on any atom is -0.378 e. The van der Waals surface area contributed by atoms with E-state index in [0.717, 1.165) is 32.1 Å². The smallest absolute Gasteiger partial charge is 0.226 e. The molecule has 2 unspecified atom stereocenters. The van der Waals surface area contributed by atoms with Crippen LogP contribution in [-0.2, 0) is 9.53 Å². The van der Waals surface area contributed by atoms with E-state index in [1.165, 1.54) is 0 Å². The first kappa shape index (κ1) is 13.4. The summed E-state index contributed by atoms with van der Waals surface area (Å²) in [7, 11) is 0. The highest BCUT2D eigenvalue weighted by Crippen LogP contribution is 2.32. The summed E-state index contributed by atoms with van der Waals surface area (Å²) in [5, 5.41) is 12.4. The largest absolute Gasteiger partial charge is 0.378 e. The molecule has 18 heavy (non-hydrogen) atoms. The lowest BCUT2D eigenvalue weighted by Gasteiger charge is -2.35. The number of nitrogens with zero attached hydrogens (tertiary/aromatic N) is 1. The molecule has 2 atom stereocenters. The minimum absolute atomic E-state index is 0.00421. The van der Waals surface area contributed by atoms with E-state index in [2.05, 4.69) is 18.3 Å². The highest BCUT2D eigenvalue weighted by Gasteiger charge is 2.38. The third-order valence-electron chi connectivity index (χ3n) is 4.27. The molecule has 0 aromatic carbocycles. The molecule has 1 N–H and O–H groups in total. The van der Waals surface area contributed by atoms with E-state index in [9.17, 15) is 10.1 Å². The van der Waals surface area contributed by atoms with Crippen LogP contribution < -0.4 is 5.32 Å². The predicted octanol–water partition coefficient (Wildman–Crippen LogP) is 2.00. The summed E-state index contributed by atoms with van der Waals surface area (Å²) < 4.78 is 5.42. The van der Waals surface area contributed by atoms with E-state index < -0.39 is 5.54 Å². The van der Waals surface area contributed by atoms with Gasteiger partial charge in [0.2, 0.25) is 5.91 Å². The van der Waals surface area contributed by atoms with E-state index in [0.29, 0.717) is 12.5 Å². The van der Waals surface area contributed by atoms with Crippen LogP contribution in [0.5, 0.6) is 0 Å². The second-order valence-corrected chi connectivity index (χ2v) is 5.94. The molecule has 0 spiro atoms. The molecule has 1 amide bonds. The van der Waals surface area contributed by atoms with Crippen molar-refractivity contribution in [1.29, 1.82) is 5.26 Å². The third-order valence-corrected chi connectivity index (χ3v) is 4.27. The maximum Gasteiger partial charge on any atom is 0.226 e. The molecule has 1 aliphatic carbocycles. The van der Waals surface area contributed by atoms with Crippen LogP contribution in [0.3, 0.4) is 0 Å². The lowest BCUT2D eigenvalue weighted by atomic mass is 9.77. The quantitative estimate of drug-likeness (QED) is 0.815. The van der Waals surface area contributed by atoms with Gasteiger partial charge in [-0.15, -0.1) is 0 Å². The van der Waals surface area contributed by atoms with Gasteiger partial charge < -0.3 is 10.1 Å². The molecule has 4 heteroatoms. The van der Waals surface area contributed by atoms with Gasteiger partial charge in [0.05, 0.1) is 24.7 Å². The van der Waals surface area contributed by atoms with Gasteiger partial charge in [-0.05, 0) is 44.9 Å². The summed E-state index contributed by atoms with van der Waals surface area (Å²) in [5.74, 6) is 0.582. The number of amides is 1. The Morgan fingerprint density at radius 3 is 2.56 bits per heavy atom. The number of nitrogens with one attached hydrogen (secondary N) is 1. The highest BCUT2D eigenvalue weighted by molar-refractivity contribution is 5.80. The number of rotatable bonds is 2. The molecule has 0 aromatic rings. The number of carbonyl (C=O) groups excluding carboxylic acids is 1. The zero-order valence-corrected chi connectivity index (χ0v) is 11.2. The Hall–Kier alpha value is -1.08. The maximum atomic E-state index is 12.2. The fourth-order valence-corrected chi connectivity index (χ4v) is 2.86. The van der Waals surface area contributed by atoms with Gasteiger partial charge in [0.15, 0.2) is 0 Å². The van der Waals surface area contributed by atoms with Crippen molar-refractivity contribution in [3.63, 3.8) is 0 Å². The van der Waals surface area contributed by atoms with E-state index >= 15 is 0 Å². The maximum absolute atomic E-state index is 12.2. The molecular formula is C14H22N2O2. The van der Waals surface area contributed by atoms with Crippen LogP contribution in [0.4, 0.5) is 0 Å². The molecule has 2 fully saturated rings. The van der Waals surface area contributed by atoms with E-state index in [1.54, 1.807) is 0 Å². The van der Waals surface area contributed by atoms with Crippen molar-refractivity contribution in [3.8, 4) is 6.07 Å². The van der Waals surface area contributed by atoms with E-state index in [-0.39, 0.29) is 17.9 Å². The molecule has 1 heterocycles. The van der Waals surface area contributed by atoms with Crippen LogP contribution in [0.15, 0.2) is 0 Å². The monoisotopic (exact) mass is 250 g/mol. The Morgan fingerprint density at radius 2 is 2.06 bits per heavy atom. The zero-order chi connectivity index (χ0) is 13.2. The van der Waals surface area contributed by atoms with Crippen LogP contribution in [0, 0.1) is 23.2 Å². The number of hydrogen-bond acceptors (Lipinski definition) is 3. The summed E-state index contributed by atoms with van der Waals surface area (Å²) in [6.45, 7) is 4.68. The molecule has 0 bridgehead atoms. The summed E-state index contributed by atoms with van der Waals surface area (Å²) in [6, 6.07) is 2.33. The summed E-state index contributed by atoms with van der Waals surface area (Å²) in [6.07, 6.45) is 4.52. The van der Waals surface area contributed by atoms with Crippen LogP contribution in [0.2, 0.25) is 0 Å². The van der Waals surface area contributed by atoms with Crippen molar-refractivity contribution in [2.24, 2.45) is 11.8 Å². The molecular weight excluding hydrogens is 228 g/mol. The molecule has 1 saturated carbocycles. The van der Waals surface area contributed by atoms with Crippen LogP contribution in [0.25, 0.3) is 0 Å². The zero-order valence-electron chi connectivity index (χ0n) is 11.2. The normalized spacial score (nSPS) is 40.2. The van der Waals surface area contributed by atoms with Gasteiger partial charge in [-0.2, -0.15) is 5.26 Å². The number of nitriles is 1. The van der Waals surface area contributed by atoms with Gasteiger partial charge in [-0.25, -0.2) is 0 Å². The Labute approximate surface area is 109 Å². The predicted molar refractivity (Wildman–Crippen MR) is 67.6 cm³/mol. The Bertz CT molecular complexity index is 353. The standard InChI is InChI=1S/C14H22N2O2/c1-10-3-5-14(9-15,6-4-10)16-13(17)12-7-11(2)18-8-12/h10-12H,3-8H2,1-2H3,(H,16,17). The number of ether oxygens (including phenoxy) is 1. The fourth-order valence-electron chi connectivity index (χ4n) is 2.86. The molecule has 2 aliphatic rings. The summed E-state index contributed by atoms with van der Waals surface area (Å²) in [4.78, 5) is 12.2. The Morgan fingerprint density at radius 1 is 1.39 bits per heavy atom. The molecule has 1 saturated heterocycles. The van der Waals surface area contributed by atoms with E-state index in [4.69, 9.17) is 4.74 Å². The van der Waals surface area contributed by atoms with Crippen LogP contribution in [0.1, 0.15) is 46.0 Å². The molecule has 0 radical (unpaired) electrons. The van der Waals surface area contributed by atoms with Crippen molar-refractivity contribution in [3.05, 3.63) is 0 Å². The van der Waals surface area contributed by atoms with Crippen LogP contribution >= 0.6 is 0 Å². The first-order chi connectivity index (χ1) is 8.54. The van der Waals surface area contributed by atoms with Crippen molar-refractivity contribution in [1.82, 2.24) is 5.32 Å². The molecule has 100 valence electrons. The highest BCUT2D eigenvalue weighted by atomic mass is 16.5. The van der Waals surface area contributed by atoms with Crippen molar-refractivity contribution in [2.75, 3.05) is 6.61 Å². The third kappa shape index (κ3) is 2.84. The fraction of sp³-hybridized carbons (Fsp3) is 0.857. The first-order valence-electron chi connectivity index (χ1n) is 6.89. The molecule has 2 rings (SSSR count). The molecule has 0 aromatic heterocycles. The molecule has 1 aliphatic heterocycles. The number of carbonyl (C=O) groups is 1. The molecule has 4 nitrogen and oxygen atoms in total. The first-order valence-corrected chi connectivity index (χ1v) is 6.89. The lowest BCUT2D eigenvalue weighted by Crippen LogP contribution is -2.51. The van der Waals surface area contributed by atoms with Gasteiger partial charge in [-0.1, -0.05) is 6.92 Å². The van der Waals surface area contributed by atoms with Crippen molar-refractivity contribution >= 4 is 5.91 Å². The lowest BCUT2D eigenvalue weighted by molar-refractivity contribution is -0.126. The Kier molecular flexibility index (Phi) is 3.91. The average molecular weight is 250 g/mol. The summed E-state index contributed by atoms with van der Waals surface area (Å²) >= 11 is 0. The minimum atomic E-state index is -0.630. The second-order valence-electron chi connectivity index (χ2n) is 5.94. The van der Waals surface area contributed by atoms with Gasteiger partial charge in [-0.3, -0.25) is 4.79 Å².